The molecule has 0 radical (unpaired) electrons. The van der Waals surface area contributed by atoms with Gasteiger partial charge in [-0.15, -0.1) is 11.8 Å². The molecule has 2 aromatic rings. The van der Waals surface area contributed by atoms with Gasteiger partial charge in [0.2, 0.25) is 15.9 Å². The molecule has 1 aliphatic heterocycles. The first-order chi connectivity index (χ1) is 14.4. The van der Waals surface area contributed by atoms with E-state index in [9.17, 15) is 17.6 Å². The molecule has 1 N–H and O–H groups in total. The summed E-state index contributed by atoms with van der Waals surface area (Å²) in [4.78, 5) is 12.5. The van der Waals surface area contributed by atoms with Gasteiger partial charge in [-0.05, 0) is 55.2 Å². The van der Waals surface area contributed by atoms with Crippen LogP contribution in [0.4, 0.5) is 10.1 Å². The van der Waals surface area contributed by atoms with E-state index in [4.69, 9.17) is 0 Å². The summed E-state index contributed by atoms with van der Waals surface area (Å²) >= 11 is 1.42. The van der Waals surface area contributed by atoms with Crippen molar-refractivity contribution < 1.29 is 17.6 Å². The predicted octanol–water partition coefficient (Wildman–Crippen LogP) is 4.57. The Morgan fingerprint density at radius 3 is 2.40 bits per heavy atom. The molecule has 1 fully saturated rings. The number of sulfonamides is 1. The zero-order valence-electron chi connectivity index (χ0n) is 17.1. The first-order valence-electron chi connectivity index (χ1n) is 10.1. The Balaban J connectivity index is 1.62. The zero-order chi connectivity index (χ0) is 21.6. The highest BCUT2D eigenvalue weighted by molar-refractivity contribution is 7.99. The first-order valence-corrected chi connectivity index (χ1v) is 12.7. The number of thioether (sulfide) groups is 1. The van der Waals surface area contributed by atoms with Gasteiger partial charge in [0.25, 0.3) is 0 Å². The topological polar surface area (TPSA) is 66.5 Å². The monoisotopic (exact) mass is 450 g/mol. The smallest absolute Gasteiger partial charge is 0.243 e. The van der Waals surface area contributed by atoms with E-state index < -0.39 is 10.0 Å². The molecule has 1 heterocycles. The number of amides is 1. The summed E-state index contributed by atoms with van der Waals surface area (Å²) in [5.74, 6) is 0.325. The van der Waals surface area contributed by atoms with Gasteiger partial charge in [0.15, 0.2) is 0 Å². The highest BCUT2D eigenvalue weighted by atomic mass is 32.2. The summed E-state index contributed by atoms with van der Waals surface area (Å²) in [6, 6.07) is 11.2. The van der Waals surface area contributed by atoms with Crippen LogP contribution in [-0.4, -0.2) is 37.5 Å². The van der Waals surface area contributed by atoms with Gasteiger partial charge in [0, 0.05) is 24.5 Å². The number of nitrogens with one attached hydrogen (secondary N) is 1. The number of nitrogens with zero attached hydrogens (tertiary/aromatic N) is 1. The number of carbonyl (C=O) groups excluding carboxylic acids is 1. The molecule has 3 rings (SSSR count). The van der Waals surface area contributed by atoms with Crippen molar-refractivity contribution in [3.05, 3.63) is 59.4 Å². The van der Waals surface area contributed by atoms with E-state index in [1.165, 1.54) is 23.9 Å². The Morgan fingerprint density at radius 2 is 1.73 bits per heavy atom. The maximum atomic E-state index is 13.1. The second kappa shape index (κ2) is 10.4. The van der Waals surface area contributed by atoms with E-state index in [-0.39, 0.29) is 22.4 Å². The standard InChI is InChI=1S/C22H27FN2O3S2/c1-17-6-11-20(14-21(17)30(27,28)25-12-4-2-3-5-13-25)24-22(26)16-29-15-18-7-9-19(23)10-8-18/h6-11,14H,2-5,12-13,15-16H2,1H3,(H,24,26). The van der Waals surface area contributed by atoms with Gasteiger partial charge >= 0.3 is 0 Å². The van der Waals surface area contributed by atoms with Crippen molar-refractivity contribution in [2.75, 3.05) is 24.2 Å². The Kier molecular flexibility index (Phi) is 7.91. The van der Waals surface area contributed by atoms with E-state index in [2.05, 4.69) is 5.32 Å². The summed E-state index contributed by atoms with van der Waals surface area (Å²) in [5.41, 5.74) is 2.08. The Bertz CT molecular complexity index is 970. The van der Waals surface area contributed by atoms with Crippen LogP contribution in [0.15, 0.2) is 47.4 Å². The fourth-order valence-corrected chi connectivity index (χ4v) is 5.97. The van der Waals surface area contributed by atoms with E-state index in [0.717, 1.165) is 31.2 Å². The second-order valence-electron chi connectivity index (χ2n) is 7.47. The van der Waals surface area contributed by atoms with Crippen LogP contribution < -0.4 is 5.32 Å². The number of halogens is 1. The fraction of sp³-hybridized carbons (Fsp3) is 0.409. The minimum Gasteiger partial charge on any atom is -0.325 e. The van der Waals surface area contributed by atoms with Crippen LogP contribution in [0.1, 0.15) is 36.8 Å². The van der Waals surface area contributed by atoms with Crippen molar-refractivity contribution in [2.45, 2.75) is 43.3 Å². The lowest BCUT2D eigenvalue weighted by Gasteiger charge is -2.21. The molecular formula is C22H27FN2O3S2. The summed E-state index contributed by atoms with van der Waals surface area (Å²) in [5, 5.41) is 2.79. The SMILES string of the molecule is Cc1ccc(NC(=O)CSCc2ccc(F)cc2)cc1S(=O)(=O)N1CCCCCC1. The van der Waals surface area contributed by atoms with Crippen molar-refractivity contribution >= 4 is 33.4 Å². The van der Waals surface area contributed by atoms with Crippen LogP contribution in [0.25, 0.3) is 0 Å². The maximum Gasteiger partial charge on any atom is 0.243 e. The van der Waals surface area contributed by atoms with Crippen LogP contribution in [-0.2, 0) is 20.6 Å². The molecule has 162 valence electrons. The minimum absolute atomic E-state index is 0.205. The predicted molar refractivity (Wildman–Crippen MR) is 120 cm³/mol. The lowest BCUT2D eigenvalue weighted by Crippen LogP contribution is -2.32. The van der Waals surface area contributed by atoms with Crippen molar-refractivity contribution in [1.82, 2.24) is 4.31 Å². The molecule has 8 heteroatoms. The average molecular weight is 451 g/mol. The van der Waals surface area contributed by atoms with Crippen LogP contribution in [0, 0.1) is 12.7 Å². The summed E-state index contributed by atoms with van der Waals surface area (Å²) in [6.45, 7) is 2.85. The third-order valence-corrected chi connectivity index (χ3v) is 8.11. The fourth-order valence-electron chi connectivity index (χ4n) is 3.42. The van der Waals surface area contributed by atoms with Gasteiger partial charge in [0.1, 0.15) is 5.82 Å². The molecular weight excluding hydrogens is 423 g/mol. The van der Waals surface area contributed by atoms with Crippen molar-refractivity contribution in [1.29, 1.82) is 0 Å². The van der Waals surface area contributed by atoms with Crippen LogP contribution in [0.2, 0.25) is 0 Å². The number of carbonyl (C=O) groups is 1. The van der Waals surface area contributed by atoms with E-state index in [1.54, 1.807) is 41.6 Å². The Hall–Kier alpha value is -1.90. The highest BCUT2D eigenvalue weighted by Crippen LogP contribution is 2.26. The molecule has 0 aliphatic carbocycles. The third kappa shape index (κ3) is 6.06. The summed E-state index contributed by atoms with van der Waals surface area (Å²) in [6.07, 6.45) is 3.85. The van der Waals surface area contributed by atoms with Crippen LogP contribution in [0.3, 0.4) is 0 Å². The van der Waals surface area contributed by atoms with Crippen LogP contribution >= 0.6 is 11.8 Å². The van der Waals surface area contributed by atoms with Gasteiger partial charge in [0.05, 0.1) is 10.6 Å². The average Bonchev–Trinajstić information content (AvgIpc) is 3.01. The number of aryl methyl sites for hydroxylation is 1. The maximum absolute atomic E-state index is 13.1. The first kappa shape index (κ1) is 22.8. The zero-order valence-corrected chi connectivity index (χ0v) is 18.7. The van der Waals surface area contributed by atoms with Crippen molar-refractivity contribution in [2.24, 2.45) is 0 Å². The molecule has 0 bridgehead atoms. The molecule has 0 saturated carbocycles. The molecule has 0 spiro atoms. The molecule has 0 atom stereocenters. The van der Waals surface area contributed by atoms with Crippen LogP contribution in [0.5, 0.6) is 0 Å². The van der Waals surface area contributed by atoms with Gasteiger partial charge in [-0.3, -0.25) is 4.79 Å². The largest absolute Gasteiger partial charge is 0.325 e. The van der Waals surface area contributed by atoms with Crippen molar-refractivity contribution in [3.63, 3.8) is 0 Å². The highest BCUT2D eigenvalue weighted by Gasteiger charge is 2.27. The van der Waals surface area contributed by atoms with E-state index >= 15 is 0 Å². The molecule has 1 saturated heterocycles. The molecule has 2 aromatic carbocycles. The molecule has 1 aliphatic rings. The quantitative estimate of drug-likeness (QED) is 0.671. The number of benzene rings is 2. The van der Waals surface area contributed by atoms with Gasteiger partial charge in [-0.25, -0.2) is 12.8 Å². The number of rotatable bonds is 7. The normalized spacial score (nSPS) is 15.5. The lowest BCUT2D eigenvalue weighted by molar-refractivity contribution is -0.113. The number of anilines is 1. The van der Waals surface area contributed by atoms with Crippen molar-refractivity contribution in [3.8, 4) is 0 Å². The Morgan fingerprint density at radius 1 is 1.07 bits per heavy atom. The molecule has 30 heavy (non-hydrogen) atoms. The molecule has 0 unspecified atom stereocenters. The van der Waals surface area contributed by atoms with E-state index in [0.29, 0.717) is 30.1 Å². The molecule has 5 nitrogen and oxygen atoms in total. The molecule has 1 amide bonds. The summed E-state index contributed by atoms with van der Waals surface area (Å²) < 4.78 is 40.8. The minimum atomic E-state index is -3.58. The number of hydrogen-bond donors (Lipinski definition) is 1. The molecule has 0 aromatic heterocycles. The van der Waals surface area contributed by atoms with Gasteiger partial charge in [-0.2, -0.15) is 4.31 Å². The Labute approximate surface area is 182 Å². The van der Waals surface area contributed by atoms with Gasteiger partial charge < -0.3 is 5.32 Å². The van der Waals surface area contributed by atoms with Gasteiger partial charge in [-0.1, -0.05) is 31.0 Å². The lowest BCUT2D eigenvalue weighted by atomic mass is 10.2. The van der Waals surface area contributed by atoms with E-state index in [1.807, 2.05) is 0 Å². The second-order valence-corrected chi connectivity index (χ2v) is 10.4. The summed E-state index contributed by atoms with van der Waals surface area (Å²) in [7, 11) is -3.58. The third-order valence-electron chi connectivity index (χ3n) is 5.07. The number of hydrogen-bond acceptors (Lipinski definition) is 4.